The summed E-state index contributed by atoms with van der Waals surface area (Å²) in [4.78, 5) is 13.5. The minimum Gasteiger partial charge on any atom is -0.444 e. The summed E-state index contributed by atoms with van der Waals surface area (Å²) < 4.78 is 31.3. The van der Waals surface area contributed by atoms with Gasteiger partial charge >= 0.3 is 6.09 Å². The molecule has 1 aliphatic heterocycles. The van der Waals surface area contributed by atoms with Gasteiger partial charge in [0.15, 0.2) is 0 Å². The number of nitrogens with two attached hydrogens (primary N) is 1. The lowest BCUT2D eigenvalue weighted by atomic mass is 9.82. The van der Waals surface area contributed by atoms with Crippen LogP contribution in [0.2, 0.25) is 0 Å². The zero-order valence-corrected chi connectivity index (χ0v) is 12.6. The van der Waals surface area contributed by atoms with Gasteiger partial charge in [0.2, 0.25) is 6.43 Å². The fourth-order valence-corrected chi connectivity index (χ4v) is 2.60. The third-order valence-electron chi connectivity index (χ3n) is 3.62. The van der Waals surface area contributed by atoms with Crippen LogP contribution in [0.3, 0.4) is 0 Å². The van der Waals surface area contributed by atoms with E-state index < -0.39 is 17.9 Å². The van der Waals surface area contributed by atoms with Crippen molar-refractivity contribution in [3.05, 3.63) is 0 Å². The van der Waals surface area contributed by atoms with Crippen molar-refractivity contribution in [2.45, 2.75) is 52.1 Å². The van der Waals surface area contributed by atoms with Crippen LogP contribution in [0, 0.1) is 11.8 Å². The zero-order chi connectivity index (χ0) is 15.3. The minimum atomic E-state index is -2.34. The van der Waals surface area contributed by atoms with E-state index in [0.29, 0.717) is 32.4 Å². The number of carbonyl (C=O) groups excluding carboxylic acids is 1. The summed E-state index contributed by atoms with van der Waals surface area (Å²) in [6.07, 6.45) is -1.17. The number of hydrogen-bond acceptors (Lipinski definition) is 3. The molecule has 4 nitrogen and oxygen atoms in total. The molecule has 118 valence electrons. The Kier molecular flexibility index (Phi) is 6.17. The first-order valence-electron chi connectivity index (χ1n) is 7.20. The van der Waals surface area contributed by atoms with Crippen molar-refractivity contribution in [2.24, 2.45) is 17.6 Å². The number of hydrogen-bond donors (Lipinski definition) is 1. The highest BCUT2D eigenvalue weighted by Gasteiger charge is 2.34. The molecule has 20 heavy (non-hydrogen) atoms. The van der Waals surface area contributed by atoms with E-state index in [9.17, 15) is 13.6 Å². The molecule has 1 rings (SSSR count). The maximum Gasteiger partial charge on any atom is 0.410 e. The van der Waals surface area contributed by atoms with Crippen molar-refractivity contribution in [3.63, 3.8) is 0 Å². The van der Waals surface area contributed by atoms with Crippen LogP contribution in [0.25, 0.3) is 0 Å². The quantitative estimate of drug-likeness (QED) is 0.867. The highest BCUT2D eigenvalue weighted by atomic mass is 19.3. The molecule has 1 atom stereocenters. The van der Waals surface area contributed by atoms with Gasteiger partial charge in [-0.2, -0.15) is 0 Å². The Hall–Kier alpha value is -0.910. The molecule has 1 unspecified atom stereocenters. The lowest BCUT2D eigenvalue weighted by Crippen LogP contribution is -2.43. The van der Waals surface area contributed by atoms with Gasteiger partial charge in [0.1, 0.15) is 5.60 Å². The molecule has 6 heteroatoms. The van der Waals surface area contributed by atoms with Crippen molar-refractivity contribution in [2.75, 3.05) is 19.6 Å². The van der Waals surface area contributed by atoms with E-state index in [1.54, 1.807) is 4.90 Å². The molecule has 1 amide bonds. The molecule has 0 bridgehead atoms. The number of piperidine rings is 1. The molecule has 0 spiro atoms. The summed E-state index contributed by atoms with van der Waals surface area (Å²) in [5, 5.41) is 0. The number of nitrogens with zero attached hydrogens (tertiary/aromatic N) is 1. The molecule has 0 aromatic carbocycles. The van der Waals surface area contributed by atoms with E-state index in [2.05, 4.69) is 0 Å². The van der Waals surface area contributed by atoms with Gasteiger partial charge in [0.05, 0.1) is 0 Å². The molecular formula is C14H26F2N2O2. The molecule has 1 aliphatic rings. The van der Waals surface area contributed by atoms with Gasteiger partial charge in [-0.3, -0.25) is 0 Å². The van der Waals surface area contributed by atoms with Crippen LogP contribution in [-0.4, -0.2) is 42.7 Å². The Morgan fingerprint density at radius 2 is 1.90 bits per heavy atom. The number of rotatable bonds is 4. The molecule has 0 aromatic heterocycles. The number of likely N-dealkylation sites (tertiary alicyclic amines) is 1. The Morgan fingerprint density at radius 1 is 1.35 bits per heavy atom. The SMILES string of the molecule is CC(C)(C)OC(=O)N1CCC(C(CCN)C(F)F)CC1. The largest absolute Gasteiger partial charge is 0.444 e. The Labute approximate surface area is 119 Å². The summed E-state index contributed by atoms with van der Waals surface area (Å²) in [7, 11) is 0. The summed E-state index contributed by atoms with van der Waals surface area (Å²) >= 11 is 0. The summed E-state index contributed by atoms with van der Waals surface area (Å²) in [6, 6.07) is 0. The first kappa shape index (κ1) is 17.1. The summed E-state index contributed by atoms with van der Waals surface area (Å²) in [6.45, 7) is 6.67. The van der Waals surface area contributed by atoms with E-state index in [4.69, 9.17) is 10.5 Å². The predicted molar refractivity (Wildman–Crippen MR) is 73.7 cm³/mol. The van der Waals surface area contributed by atoms with Gasteiger partial charge in [0.25, 0.3) is 0 Å². The highest BCUT2D eigenvalue weighted by Crippen LogP contribution is 2.31. The summed E-state index contributed by atoms with van der Waals surface area (Å²) in [5.41, 5.74) is 4.87. The summed E-state index contributed by atoms with van der Waals surface area (Å²) in [5.74, 6) is -0.710. The average molecular weight is 292 g/mol. The molecule has 2 N–H and O–H groups in total. The lowest BCUT2D eigenvalue weighted by molar-refractivity contribution is -0.00142. The molecule has 0 aromatic rings. The monoisotopic (exact) mass is 292 g/mol. The highest BCUT2D eigenvalue weighted by molar-refractivity contribution is 5.68. The first-order valence-corrected chi connectivity index (χ1v) is 7.20. The molecular weight excluding hydrogens is 266 g/mol. The number of alkyl halides is 2. The second-order valence-electron chi connectivity index (χ2n) is 6.38. The van der Waals surface area contributed by atoms with Crippen LogP contribution in [0.4, 0.5) is 13.6 Å². The van der Waals surface area contributed by atoms with Crippen LogP contribution in [0.15, 0.2) is 0 Å². The molecule has 1 fully saturated rings. The van der Waals surface area contributed by atoms with Crippen molar-refractivity contribution in [1.29, 1.82) is 0 Å². The van der Waals surface area contributed by atoms with Crippen molar-refractivity contribution < 1.29 is 18.3 Å². The molecule has 0 saturated carbocycles. The molecule has 0 aliphatic carbocycles. The van der Waals surface area contributed by atoms with Crippen LogP contribution in [-0.2, 0) is 4.74 Å². The van der Waals surface area contributed by atoms with E-state index in [0.717, 1.165) is 0 Å². The van der Waals surface area contributed by atoms with Crippen LogP contribution in [0.1, 0.15) is 40.0 Å². The van der Waals surface area contributed by atoms with Crippen molar-refractivity contribution in [1.82, 2.24) is 4.90 Å². The van der Waals surface area contributed by atoms with Gasteiger partial charge in [-0.05, 0) is 52.5 Å². The Morgan fingerprint density at radius 3 is 2.30 bits per heavy atom. The van der Waals surface area contributed by atoms with Crippen molar-refractivity contribution >= 4 is 6.09 Å². The van der Waals surface area contributed by atoms with Crippen LogP contribution in [0.5, 0.6) is 0 Å². The second-order valence-corrected chi connectivity index (χ2v) is 6.38. The Bertz CT molecular complexity index is 311. The standard InChI is InChI=1S/C14H26F2N2O2/c1-14(2,3)20-13(19)18-8-5-10(6-9-18)11(4-7-17)12(15)16/h10-12H,4-9,17H2,1-3H3. The number of halogens is 2. The van der Waals surface area contributed by atoms with E-state index >= 15 is 0 Å². The topological polar surface area (TPSA) is 55.6 Å². The zero-order valence-electron chi connectivity index (χ0n) is 12.6. The number of amides is 1. The maximum absolute atomic E-state index is 13.0. The van der Waals surface area contributed by atoms with Crippen molar-refractivity contribution in [3.8, 4) is 0 Å². The molecule has 1 saturated heterocycles. The Balaban J connectivity index is 2.48. The van der Waals surface area contributed by atoms with Gasteiger partial charge in [0, 0.05) is 19.0 Å². The normalized spacial score (nSPS) is 19.2. The van der Waals surface area contributed by atoms with Crippen LogP contribution < -0.4 is 5.73 Å². The van der Waals surface area contributed by atoms with E-state index in [1.807, 2.05) is 20.8 Å². The third kappa shape index (κ3) is 5.23. The minimum absolute atomic E-state index is 0.0581. The second kappa shape index (κ2) is 7.20. The van der Waals surface area contributed by atoms with Gasteiger partial charge in [-0.15, -0.1) is 0 Å². The molecule has 1 heterocycles. The van der Waals surface area contributed by atoms with Crippen LogP contribution >= 0.6 is 0 Å². The van der Waals surface area contributed by atoms with Gasteiger partial charge in [-0.1, -0.05) is 0 Å². The van der Waals surface area contributed by atoms with Gasteiger partial charge in [-0.25, -0.2) is 13.6 Å². The van der Waals surface area contributed by atoms with Gasteiger partial charge < -0.3 is 15.4 Å². The smallest absolute Gasteiger partial charge is 0.410 e. The first-order chi connectivity index (χ1) is 9.24. The van der Waals surface area contributed by atoms with E-state index in [-0.39, 0.29) is 18.6 Å². The third-order valence-corrected chi connectivity index (χ3v) is 3.62. The fraction of sp³-hybridized carbons (Fsp3) is 0.929. The average Bonchev–Trinajstić information content (AvgIpc) is 2.33. The lowest BCUT2D eigenvalue weighted by Gasteiger charge is -2.36. The predicted octanol–water partition coefficient (Wildman–Crippen LogP) is 2.86. The number of carbonyl (C=O) groups is 1. The molecule has 0 radical (unpaired) electrons. The fourth-order valence-electron chi connectivity index (χ4n) is 2.60. The number of ether oxygens (including phenoxy) is 1. The maximum atomic E-state index is 13.0. The van der Waals surface area contributed by atoms with E-state index in [1.165, 1.54) is 0 Å².